The monoisotopic (exact) mass is 390 g/mol. The average molecular weight is 391 g/mol. The number of ether oxygens (including phenoxy) is 2. The molecule has 0 amide bonds. The lowest BCUT2D eigenvalue weighted by atomic mass is 9.99. The third-order valence-corrected chi connectivity index (χ3v) is 4.49. The van der Waals surface area contributed by atoms with Crippen molar-refractivity contribution in [2.75, 3.05) is 33.0 Å². The lowest BCUT2D eigenvalue weighted by Gasteiger charge is -2.10. The van der Waals surface area contributed by atoms with E-state index in [1.165, 1.54) is 25.7 Å². The standard InChI is InChI=1S/C24H38O4/c1-3-4-5-9-22-10-6-11-23(13-12-22)24(14-19-27-17-7-15-25)20-21(2)28-18-8-16-26/h6,10-14,20,22,25-26H,3-5,7-9,15-19H2,1-2H3/b21-20+,24-14+. The van der Waals surface area contributed by atoms with Crippen LogP contribution in [0.15, 0.2) is 59.4 Å². The summed E-state index contributed by atoms with van der Waals surface area (Å²) in [5.74, 6) is 1.30. The Kier molecular flexibility index (Phi) is 14.3. The molecule has 0 spiro atoms. The van der Waals surface area contributed by atoms with E-state index in [0.717, 1.165) is 16.9 Å². The summed E-state index contributed by atoms with van der Waals surface area (Å²) in [5, 5.41) is 17.8. The number of aliphatic hydroxyl groups excluding tert-OH is 2. The first kappa shape index (κ1) is 24.4. The van der Waals surface area contributed by atoms with E-state index < -0.39 is 0 Å². The Balaban J connectivity index is 2.80. The van der Waals surface area contributed by atoms with E-state index in [0.29, 0.717) is 38.6 Å². The predicted molar refractivity (Wildman–Crippen MR) is 116 cm³/mol. The van der Waals surface area contributed by atoms with Crippen molar-refractivity contribution >= 4 is 0 Å². The molecule has 0 aromatic carbocycles. The van der Waals surface area contributed by atoms with Gasteiger partial charge in [-0.05, 0) is 42.9 Å². The van der Waals surface area contributed by atoms with E-state index >= 15 is 0 Å². The topological polar surface area (TPSA) is 58.9 Å². The highest BCUT2D eigenvalue weighted by Crippen LogP contribution is 2.22. The summed E-state index contributed by atoms with van der Waals surface area (Å²) in [6.45, 7) is 5.99. The van der Waals surface area contributed by atoms with Crippen molar-refractivity contribution in [1.29, 1.82) is 0 Å². The number of unbranched alkanes of at least 4 members (excludes halogenated alkanes) is 2. The maximum Gasteiger partial charge on any atom is 0.0934 e. The molecule has 0 aliphatic heterocycles. The summed E-state index contributed by atoms with van der Waals surface area (Å²) in [6, 6.07) is 0. The number of hydrogen-bond donors (Lipinski definition) is 2. The van der Waals surface area contributed by atoms with Crippen LogP contribution in [0.1, 0.15) is 52.4 Å². The highest BCUT2D eigenvalue weighted by atomic mass is 16.5. The summed E-state index contributed by atoms with van der Waals surface area (Å²) in [7, 11) is 0. The van der Waals surface area contributed by atoms with E-state index in [2.05, 4.69) is 43.4 Å². The fourth-order valence-electron chi connectivity index (χ4n) is 2.88. The van der Waals surface area contributed by atoms with Gasteiger partial charge in [0, 0.05) is 26.2 Å². The molecule has 1 atom stereocenters. The molecule has 28 heavy (non-hydrogen) atoms. The third-order valence-electron chi connectivity index (χ3n) is 4.49. The van der Waals surface area contributed by atoms with Crippen LogP contribution in [0.2, 0.25) is 0 Å². The van der Waals surface area contributed by atoms with Gasteiger partial charge in [0.15, 0.2) is 0 Å². The van der Waals surface area contributed by atoms with E-state index in [9.17, 15) is 0 Å². The molecule has 4 heteroatoms. The molecule has 1 rings (SSSR count). The molecule has 4 nitrogen and oxygen atoms in total. The van der Waals surface area contributed by atoms with Crippen LogP contribution < -0.4 is 0 Å². The Bertz CT molecular complexity index is 555. The highest BCUT2D eigenvalue weighted by Gasteiger charge is 2.07. The average Bonchev–Trinajstić information content (AvgIpc) is 2.93. The molecule has 0 saturated carbocycles. The molecule has 1 unspecified atom stereocenters. The van der Waals surface area contributed by atoms with Crippen LogP contribution in [-0.2, 0) is 9.47 Å². The lowest BCUT2D eigenvalue weighted by molar-refractivity contribution is 0.138. The number of hydrogen-bond acceptors (Lipinski definition) is 4. The van der Waals surface area contributed by atoms with Crippen molar-refractivity contribution in [3.05, 3.63) is 59.4 Å². The van der Waals surface area contributed by atoms with Crippen LogP contribution in [0.4, 0.5) is 0 Å². The molecule has 0 bridgehead atoms. The molecule has 0 aromatic heterocycles. The zero-order valence-corrected chi connectivity index (χ0v) is 17.6. The van der Waals surface area contributed by atoms with Gasteiger partial charge in [-0.15, -0.1) is 0 Å². The molecule has 1 aliphatic carbocycles. The van der Waals surface area contributed by atoms with E-state index in [1.54, 1.807) is 0 Å². The van der Waals surface area contributed by atoms with E-state index in [-0.39, 0.29) is 13.2 Å². The molecular weight excluding hydrogens is 352 g/mol. The summed E-state index contributed by atoms with van der Waals surface area (Å²) >= 11 is 0. The highest BCUT2D eigenvalue weighted by molar-refractivity contribution is 5.49. The van der Waals surface area contributed by atoms with Gasteiger partial charge in [0.25, 0.3) is 0 Å². The lowest BCUT2D eigenvalue weighted by Crippen LogP contribution is -1.99. The Morgan fingerprint density at radius 2 is 1.86 bits per heavy atom. The van der Waals surface area contributed by atoms with Crippen molar-refractivity contribution in [1.82, 2.24) is 0 Å². The van der Waals surface area contributed by atoms with Gasteiger partial charge in [0.2, 0.25) is 0 Å². The molecule has 0 saturated heterocycles. The summed E-state index contributed by atoms with van der Waals surface area (Å²) in [5.41, 5.74) is 2.19. The first-order chi connectivity index (χ1) is 13.7. The van der Waals surface area contributed by atoms with Crippen LogP contribution in [0, 0.1) is 5.92 Å². The van der Waals surface area contributed by atoms with Crippen molar-refractivity contribution in [2.45, 2.75) is 52.4 Å². The van der Waals surface area contributed by atoms with Crippen LogP contribution >= 0.6 is 0 Å². The fraction of sp³-hybridized carbons (Fsp3) is 0.583. The normalized spacial score (nSPS) is 17.6. The van der Waals surface area contributed by atoms with Gasteiger partial charge >= 0.3 is 0 Å². The maximum atomic E-state index is 8.91. The zero-order valence-electron chi connectivity index (χ0n) is 17.6. The zero-order chi connectivity index (χ0) is 20.5. The molecular formula is C24H38O4. The second-order valence-electron chi connectivity index (χ2n) is 7.02. The van der Waals surface area contributed by atoms with Crippen LogP contribution in [-0.4, -0.2) is 43.2 Å². The minimum atomic E-state index is 0.132. The summed E-state index contributed by atoms with van der Waals surface area (Å²) < 4.78 is 11.3. The Morgan fingerprint density at radius 1 is 1.07 bits per heavy atom. The predicted octanol–water partition coefficient (Wildman–Crippen LogP) is 4.86. The summed E-state index contributed by atoms with van der Waals surface area (Å²) in [4.78, 5) is 0. The van der Waals surface area contributed by atoms with Crippen molar-refractivity contribution in [2.24, 2.45) is 5.92 Å². The summed E-state index contributed by atoms with van der Waals surface area (Å²) in [6.07, 6.45) is 21.3. The van der Waals surface area contributed by atoms with Crippen LogP contribution in [0.25, 0.3) is 0 Å². The largest absolute Gasteiger partial charge is 0.498 e. The molecule has 2 N–H and O–H groups in total. The van der Waals surface area contributed by atoms with Crippen LogP contribution in [0.5, 0.6) is 0 Å². The Hall–Kier alpha value is -1.62. The first-order valence-corrected chi connectivity index (χ1v) is 10.6. The molecule has 0 fully saturated rings. The maximum absolute atomic E-state index is 8.91. The second-order valence-corrected chi connectivity index (χ2v) is 7.02. The van der Waals surface area contributed by atoms with E-state index in [4.69, 9.17) is 19.7 Å². The molecule has 0 heterocycles. The number of rotatable bonds is 15. The Morgan fingerprint density at radius 3 is 2.61 bits per heavy atom. The fourth-order valence-corrected chi connectivity index (χ4v) is 2.88. The molecule has 158 valence electrons. The number of allylic oxidation sites excluding steroid dienone is 9. The van der Waals surface area contributed by atoms with Crippen molar-refractivity contribution in [3.8, 4) is 0 Å². The van der Waals surface area contributed by atoms with Gasteiger partial charge < -0.3 is 19.7 Å². The van der Waals surface area contributed by atoms with Gasteiger partial charge in [-0.2, -0.15) is 0 Å². The smallest absolute Gasteiger partial charge is 0.0934 e. The van der Waals surface area contributed by atoms with Gasteiger partial charge in [0.1, 0.15) is 0 Å². The van der Waals surface area contributed by atoms with E-state index in [1.807, 2.05) is 13.0 Å². The SMILES string of the molecule is CCCCCC1C=CC=C(C(/C=C(\C)OCCCO)=C/COCCCO)C=C1. The minimum Gasteiger partial charge on any atom is -0.498 e. The van der Waals surface area contributed by atoms with Crippen molar-refractivity contribution in [3.63, 3.8) is 0 Å². The van der Waals surface area contributed by atoms with Crippen LogP contribution in [0.3, 0.4) is 0 Å². The van der Waals surface area contributed by atoms with Gasteiger partial charge in [-0.25, -0.2) is 0 Å². The molecule has 0 aromatic rings. The Labute approximate surface area is 170 Å². The van der Waals surface area contributed by atoms with Crippen molar-refractivity contribution < 1.29 is 19.7 Å². The van der Waals surface area contributed by atoms with Gasteiger partial charge in [-0.1, -0.05) is 62.6 Å². The third kappa shape index (κ3) is 11.3. The number of aliphatic hydroxyl groups is 2. The van der Waals surface area contributed by atoms with Gasteiger partial charge in [-0.3, -0.25) is 0 Å². The molecule has 0 radical (unpaired) electrons. The first-order valence-electron chi connectivity index (χ1n) is 10.6. The quantitative estimate of drug-likeness (QED) is 0.238. The minimum absolute atomic E-state index is 0.132. The second kappa shape index (κ2) is 16.3. The van der Waals surface area contributed by atoms with Gasteiger partial charge in [0.05, 0.1) is 19.0 Å². The molecule has 1 aliphatic rings.